The zero-order valence-corrected chi connectivity index (χ0v) is 22.1. The second-order valence-corrected chi connectivity index (χ2v) is 10.9. The Morgan fingerprint density at radius 2 is 1.95 bits per heavy atom. The van der Waals surface area contributed by atoms with Crippen molar-refractivity contribution in [2.75, 3.05) is 36.6 Å². The van der Waals surface area contributed by atoms with E-state index in [0.717, 1.165) is 28.3 Å². The number of aliphatic hydroxyl groups is 1. The minimum Gasteiger partial charge on any atom is -0.497 e. The lowest BCUT2D eigenvalue weighted by atomic mass is 9.63. The molecule has 37 heavy (non-hydrogen) atoms. The zero-order valence-electron chi connectivity index (χ0n) is 22.1. The first kappa shape index (κ1) is 25.5. The molecule has 5 rings (SSSR count). The molecule has 4 atom stereocenters. The Balaban J connectivity index is 1.63. The minimum atomic E-state index is -1.21. The fourth-order valence-corrected chi connectivity index (χ4v) is 6.76. The fraction of sp³-hybridized carbons (Fsp3) is 0.467. The number of benzene rings is 2. The maximum absolute atomic E-state index is 14.3. The number of carbonyl (C=O) groups is 2. The molecule has 3 heterocycles. The van der Waals surface area contributed by atoms with Gasteiger partial charge >= 0.3 is 0 Å². The van der Waals surface area contributed by atoms with Gasteiger partial charge in [0.15, 0.2) is 5.60 Å². The highest BCUT2D eigenvalue weighted by Gasteiger charge is 2.65. The van der Waals surface area contributed by atoms with Crippen LogP contribution in [0.4, 0.5) is 11.4 Å². The van der Waals surface area contributed by atoms with Gasteiger partial charge in [-0.05, 0) is 47.7 Å². The summed E-state index contributed by atoms with van der Waals surface area (Å²) in [6.45, 7) is 11.3. The Morgan fingerprint density at radius 3 is 2.51 bits per heavy atom. The maximum Gasteiger partial charge on any atom is 0.264 e. The van der Waals surface area contributed by atoms with Crippen LogP contribution in [0.2, 0.25) is 0 Å². The molecule has 0 bridgehead atoms. The molecule has 2 aromatic carbocycles. The molecule has 1 spiro atoms. The molecule has 0 unspecified atom stereocenters. The van der Waals surface area contributed by atoms with Crippen molar-refractivity contribution < 1.29 is 24.2 Å². The van der Waals surface area contributed by atoms with Gasteiger partial charge in [0.25, 0.3) is 5.91 Å². The fourth-order valence-electron chi connectivity index (χ4n) is 6.76. The van der Waals surface area contributed by atoms with E-state index in [-0.39, 0.29) is 41.8 Å². The number of fused-ring (bicyclic) bond motifs is 2. The molecule has 2 aromatic rings. The van der Waals surface area contributed by atoms with Crippen LogP contribution in [0.3, 0.4) is 0 Å². The largest absolute Gasteiger partial charge is 0.497 e. The number of nitrogens with zero attached hydrogens (tertiary/aromatic N) is 2. The van der Waals surface area contributed by atoms with Crippen molar-refractivity contribution >= 4 is 23.2 Å². The molecule has 196 valence electrons. The Hall–Kier alpha value is -3.16. The lowest BCUT2D eigenvalue weighted by Gasteiger charge is -2.38. The quantitative estimate of drug-likeness (QED) is 0.431. The number of β-lactam (4-membered cyclic amide) rings is 1. The number of hydrogen-bond acceptors (Lipinski definition) is 5. The molecular formula is C30H36N2O5. The van der Waals surface area contributed by atoms with Gasteiger partial charge in [0.1, 0.15) is 5.75 Å². The van der Waals surface area contributed by atoms with E-state index < -0.39 is 5.60 Å². The predicted octanol–water partition coefficient (Wildman–Crippen LogP) is 4.17. The highest BCUT2D eigenvalue weighted by atomic mass is 16.5. The van der Waals surface area contributed by atoms with E-state index in [0.29, 0.717) is 25.9 Å². The van der Waals surface area contributed by atoms with Gasteiger partial charge in [-0.15, -0.1) is 6.58 Å². The zero-order chi connectivity index (χ0) is 26.5. The van der Waals surface area contributed by atoms with Gasteiger partial charge in [0, 0.05) is 49.2 Å². The number of hydrogen-bond donors (Lipinski definition) is 1. The van der Waals surface area contributed by atoms with Crippen molar-refractivity contribution in [3.8, 4) is 5.75 Å². The third-order valence-corrected chi connectivity index (χ3v) is 8.71. The summed E-state index contributed by atoms with van der Waals surface area (Å²) in [5, 5.41) is 10.0. The first-order chi connectivity index (χ1) is 17.7. The first-order valence-electron chi connectivity index (χ1n) is 13.0. The summed E-state index contributed by atoms with van der Waals surface area (Å²) in [5.41, 5.74) is 1.90. The third-order valence-electron chi connectivity index (χ3n) is 8.71. The molecule has 1 N–H and O–H groups in total. The van der Waals surface area contributed by atoms with Gasteiger partial charge in [0.2, 0.25) is 5.91 Å². The van der Waals surface area contributed by atoms with Crippen molar-refractivity contribution in [2.24, 2.45) is 11.8 Å². The molecule has 7 nitrogen and oxygen atoms in total. The summed E-state index contributed by atoms with van der Waals surface area (Å²) in [6.07, 6.45) is 2.33. The van der Waals surface area contributed by atoms with Crippen molar-refractivity contribution in [2.45, 2.75) is 50.7 Å². The van der Waals surface area contributed by atoms with Crippen LogP contribution >= 0.6 is 0 Å². The number of anilines is 2. The van der Waals surface area contributed by atoms with Crippen molar-refractivity contribution in [1.29, 1.82) is 0 Å². The SMILES string of the molecule is C=CCN1C(=O)[C@]2(O[C@H](CCO)[C@@H](C(C)(C)c3ccc(OC)cc3)[C@@H]2C)c2cc(N3CCC3=O)ccc21. The molecule has 3 aliphatic heterocycles. The summed E-state index contributed by atoms with van der Waals surface area (Å²) in [5.74, 6) is 0.482. The van der Waals surface area contributed by atoms with E-state index in [9.17, 15) is 14.7 Å². The van der Waals surface area contributed by atoms with Crippen LogP contribution in [0.5, 0.6) is 5.75 Å². The number of amides is 2. The molecule has 3 aliphatic rings. The van der Waals surface area contributed by atoms with E-state index in [1.165, 1.54) is 0 Å². The Morgan fingerprint density at radius 1 is 1.22 bits per heavy atom. The van der Waals surface area contributed by atoms with Gasteiger partial charge in [-0.25, -0.2) is 0 Å². The van der Waals surface area contributed by atoms with E-state index in [1.807, 2.05) is 30.3 Å². The highest BCUT2D eigenvalue weighted by Crippen LogP contribution is 2.60. The molecule has 0 aromatic heterocycles. The predicted molar refractivity (Wildman–Crippen MR) is 143 cm³/mol. The second-order valence-electron chi connectivity index (χ2n) is 10.9. The van der Waals surface area contributed by atoms with E-state index in [1.54, 1.807) is 23.0 Å². The van der Waals surface area contributed by atoms with E-state index in [2.05, 4.69) is 39.5 Å². The first-order valence-corrected chi connectivity index (χ1v) is 13.0. The number of carbonyl (C=O) groups excluding carboxylic acids is 2. The van der Waals surface area contributed by atoms with Crippen LogP contribution in [0.25, 0.3) is 0 Å². The van der Waals surface area contributed by atoms with Crippen LogP contribution in [-0.4, -0.2) is 49.8 Å². The van der Waals surface area contributed by atoms with Crippen LogP contribution in [0.15, 0.2) is 55.1 Å². The van der Waals surface area contributed by atoms with Crippen molar-refractivity contribution in [3.63, 3.8) is 0 Å². The van der Waals surface area contributed by atoms with E-state index >= 15 is 0 Å². The Kier molecular flexibility index (Phi) is 6.40. The molecule has 2 amide bonds. The highest BCUT2D eigenvalue weighted by molar-refractivity contribution is 6.09. The van der Waals surface area contributed by atoms with Gasteiger partial charge in [0.05, 0.1) is 18.9 Å². The Labute approximate surface area is 218 Å². The molecule has 0 radical (unpaired) electrons. The normalized spacial score (nSPS) is 27.0. The van der Waals surface area contributed by atoms with Crippen LogP contribution in [0, 0.1) is 11.8 Å². The van der Waals surface area contributed by atoms with Gasteiger partial charge in [-0.2, -0.15) is 0 Å². The number of ether oxygens (including phenoxy) is 2. The number of rotatable bonds is 8. The molecule has 7 heteroatoms. The average molecular weight is 505 g/mol. The molecule has 0 aliphatic carbocycles. The lowest BCUT2D eigenvalue weighted by molar-refractivity contribution is -0.146. The maximum atomic E-state index is 14.3. The summed E-state index contributed by atoms with van der Waals surface area (Å²) in [7, 11) is 1.65. The van der Waals surface area contributed by atoms with Crippen LogP contribution in [-0.2, 0) is 25.3 Å². The van der Waals surface area contributed by atoms with E-state index in [4.69, 9.17) is 9.47 Å². The smallest absolute Gasteiger partial charge is 0.264 e. The Bertz CT molecular complexity index is 1220. The van der Waals surface area contributed by atoms with Crippen LogP contribution < -0.4 is 14.5 Å². The van der Waals surface area contributed by atoms with Gasteiger partial charge in [-0.1, -0.05) is 39.0 Å². The van der Waals surface area contributed by atoms with Crippen molar-refractivity contribution in [1.82, 2.24) is 0 Å². The monoisotopic (exact) mass is 504 g/mol. The summed E-state index contributed by atoms with van der Waals surface area (Å²) >= 11 is 0. The molecule has 2 saturated heterocycles. The number of methoxy groups -OCH3 is 1. The molecule has 0 saturated carbocycles. The number of aliphatic hydroxyl groups excluding tert-OH is 1. The van der Waals surface area contributed by atoms with Gasteiger partial charge < -0.3 is 24.4 Å². The minimum absolute atomic E-state index is 0.0393. The summed E-state index contributed by atoms with van der Waals surface area (Å²) in [6, 6.07) is 13.8. The second kappa shape index (κ2) is 9.30. The standard InChI is InChI=1S/C30H36N2O5/c1-6-15-32-24-12-9-21(31-16-13-26(31)34)18-23(24)30(28(32)35)19(2)27(25(37-30)14-17-33)29(3,4)20-7-10-22(36-5)11-8-20/h6-12,18-19,25,27,33H,1,13-17H2,2-5H3/t19-,25+,27-,30+/m0/s1. The summed E-state index contributed by atoms with van der Waals surface area (Å²) in [4.78, 5) is 30.0. The van der Waals surface area contributed by atoms with Crippen molar-refractivity contribution in [3.05, 3.63) is 66.2 Å². The van der Waals surface area contributed by atoms with Crippen LogP contribution in [0.1, 0.15) is 44.7 Å². The van der Waals surface area contributed by atoms with Gasteiger partial charge in [-0.3, -0.25) is 9.59 Å². The topological polar surface area (TPSA) is 79.3 Å². The molecule has 2 fully saturated rings. The third kappa shape index (κ3) is 3.70. The average Bonchev–Trinajstić information content (AvgIpc) is 3.30. The molecular weight excluding hydrogens is 468 g/mol. The summed E-state index contributed by atoms with van der Waals surface area (Å²) < 4.78 is 12.2. The lowest BCUT2D eigenvalue weighted by Crippen LogP contribution is -2.46.